The van der Waals surface area contributed by atoms with Gasteiger partial charge in [-0.1, -0.05) is 0 Å². The van der Waals surface area contributed by atoms with Gasteiger partial charge in [0.25, 0.3) is 0 Å². The van der Waals surface area contributed by atoms with E-state index in [-0.39, 0.29) is 11.8 Å². The van der Waals surface area contributed by atoms with Gasteiger partial charge in [0.1, 0.15) is 0 Å². The molecule has 0 bridgehead atoms. The van der Waals surface area contributed by atoms with E-state index >= 15 is 0 Å². The Balaban J connectivity index is 2.34. The number of likely N-dealkylation sites (tertiary alicyclic amines) is 1. The third kappa shape index (κ3) is 6.89. The largest absolute Gasteiger partial charge is 0.342 e. The second-order valence-corrected chi connectivity index (χ2v) is 7.01. The van der Waals surface area contributed by atoms with Crippen molar-refractivity contribution in [3.63, 3.8) is 0 Å². The highest BCUT2D eigenvalue weighted by Gasteiger charge is 2.23. The van der Waals surface area contributed by atoms with E-state index in [0.717, 1.165) is 38.6 Å². The summed E-state index contributed by atoms with van der Waals surface area (Å²) in [6.07, 6.45) is 4.50. The number of carbonyl (C=O) groups excluding carboxylic acids is 1. The molecule has 19 heavy (non-hydrogen) atoms. The number of nitrogens with one attached hydrogen (secondary N) is 2. The van der Waals surface area contributed by atoms with Crippen LogP contribution in [0.1, 0.15) is 25.7 Å². The van der Waals surface area contributed by atoms with Gasteiger partial charge in [0.05, 0.1) is 6.26 Å². The predicted molar refractivity (Wildman–Crippen MR) is 75.3 cm³/mol. The SMILES string of the molecule is CNCCCC(=O)N1CCCC(CNS(C)(=O)=O)C1. The van der Waals surface area contributed by atoms with Gasteiger partial charge in [-0.3, -0.25) is 4.79 Å². The number of amides is 1. The van der Waals surface area contributed by atoms with Crippen LogP contribution >= 0.6 is 0 Å². The molecule has 1 aliphatic rings. The van der Waals surface area contributed by atoms with Crippen molar-refractivity contribution in [2.75, 3.05) is 39.5 Å². The van der Waals surface area contributed by atoms with E-state index in [9.17, 15) is 13.2 Å². The molecule has 0 aromatic heterocycles. The Bertz CT molecular complexity index is 384. The van der Waals surface area contributed by atoms with Crippen molar-refractivity contribution < 1.29 is 13.2 Å². The van der Waals surface area contributed by atoms with Crippen LogP contribution in [0.3, 0.4) is 0 Å². The van der Waals surface area contributed by atoms with E-state index in [1.54, 1.807) is 0 Å². The number of hydrogen-bond acceptors (Lipinski definition) is 4. The van der Waals surface area contributed by atoms with Crippen molar-refractivity contribution in [1.82, 2.24) is 14.9 Å². The van der Waals surface area contributed by atoms with Crippen LogP contribution in [0.2, 0.25) is 0 Å². The smallest absolute Gasteiger partial charge is 0.222 e. The first kappa shape index (κ1) is 16.4. The molecular weight excluding hydrogens is 266 g/mol. The quantitative estimate of drug-likeness (QED) is 0.635. The minimum absolute atomic E-state index is 0.180. The third-order valence-corrected chi connectivity index (χ3v) is 4.01. The van der Waals surface area contributed by atoms with Gasteiger partial charge >= 0.3 is 0 Å². The van der Waals surface area contributed by atoms with Gasteiger partial charge in [-0.05, 0) is 38.8 Å². The lowest BCUT2D eigenvalue weighted by Gasteiger charge is -2.32. The second-order valence-electron chi connectivity index (χ2n) is 5.18. The molecule has 0 aliphatic carbocycles. The van der Waals surface area contributed by atoms with Crippen molar-refractivity contribution in [3.8, 4) is 0 Å². The van der Waals surface area contributed by atoms with Crippen LogP contribution in [0, 0.1) is 5.92 Å². The first-order valence-corrected chi connectivity index (χ1v) is 8.68. The maximum absolute atomic E-state index is 12.0. The van der Waals surface area contributed by atoms with Crippen LogP contribution in [0.5, 0.6) is 0 Å². The number of rotatable bonds is 7. The molecule has 1 rings (SSSR count). The fourth-order valence-corrected chi connectivity index (χ4v) is 2.84. The monoisotopic (exact) mass is 291 g/mol. The van der Waals surface area contributed by atoms with Gasteiger partial charge in [0.2, 0.25) is 15.9 Å². The summed E-state index contributed by atoms with van der Waals surface area (Å²) in [7, 11) is -1.27. The van der Waals surface area contributed by atoms with Gasteiger partial charge in [-0.15, -0.1) is 0 Å². The molecule has 1 amide bonds. The molecule has 1 saturated heterocycles. The minimum atomic E-state index is -3.14. The zero-order chi connectivity index (χ0) is 14.3. The first-order valence-electron chi connectivity index (χ1n) is 6.79. The first-order chi connectivity index (χ1) is 8.92. The Labute approximate surface area is 116 Å². The highest BCUT2D eigenvalue weighted by molar-refractivity contribution is 7.88. The molecule has 1 fully saturated rings. The van der Waals surface area contributed by atoms with Crippen molar-refractivity contribution in [3.05, 3.63) is 0 Å². The van der Waals surface area contributed by atoms with Gasteiger partial charge in [0, 0.05) is 26.1 Å². The summed E-state index contributed by atoms with van der Waals surface area (Å²) < 4.78 is 24.7. The number of piperidine rings is 1. The molecule has 0 aromatic rings. The average Bonchev–Trinajstić information content (AvgIpc) is 2.36. The van der Waals surface area contributed by atoms with E-state index < -0.39 is 10.0 Å². The van der Waals surface area contributed by atoms with Crippen molar-refractivity contribution in [2.24, 2.45) is 5.92 Å². The van der Waals surface area contributed by atoms with Crippen molar-refractivity contribution >= 4 is 15.9 Å². The Morgan fingerprint density at radius 1 is 1.42 bits per heavy atom. The molecule has 0 aromatic carbocycles. The Morgan fingerprint density at radius 2 is 2.16 bits per heavy atom. The summed E-state index contributed by atoms with van der Waals surface area (Å²) >= 11 is 0. The zero-order valence-electron chi connectivity index (χ0n) is 11.8. The molecule has 112 valence electrons. The Kier molecular flexibility index (Phi) is 6.74. The highest BCUT2D eigenvalue weighted by atomic mass is 32.2. The van der Waals surface area contributed by atoms with Crippen LogP contribution in [-0.4, -0.2) is 58.7 Å². The number of sulfonamides is 1. The molecular formula is C12H25N3O3S. The molecule has 1 heterocycles. The van der Waals surface area contributed by atoms with Crippen molar-refractivity contribution in [1.29, 1.82) is 0 Å². The van der Waals surface area contributed by atoms with Gasteiger partial charge in [-0.25, -0.2) is 13.1 Å². The normalized spacial score (nSPS) is 20.5. The Morgan fingerprint density at radius 3 is 2.79 bits per heavy atom. The van der Waals surface area contributed by atoms with Crippen LogP contribution in [0.25, 0.3) is 0 Å². The summed E-state index contributed by atoms with van der Waals surface area (Å²) in [5.74, 6) is 0.413. The summed E-state index contributed by atoms with van der Waals surface area (Å²) in [5, 5.41) is 3.02. The molecule has 0 spiro atoms. The summed E-state index contributed by atoms with van der Waals surface area (Å²) in [6.45, 7) is 2.74. The predicted octanol–water partition coefficient (Wildman–Crippen LogP) is -0.226. The maximum Gasteiger partial charge on any atom is 0.222 e. The van der Waals surface area contributed by atoms with Crippen LogP contribution in [0.15, 0.2) is 0 Å². The topological polar surface area (TPSA) is 78.5 Å². The summed E-state index contributed by atoms with van der Waals surface area (Å²) in [5.41, 5.74) is 0. The number of nitrogens with zero attached hydrogens (tertiary/aromatic N) is 1. The Hall–Kier alpha value is -0.660. The molecule has 7 heteroatoms. The van der Waals surface area contributed by atoms with E-state index in [4.69, 9.17) is 0 Å². The van der Waals surface area contributed by atoms with Gasteiger partial charge < -0.3 is 10.2 Å². The fourth-order valence-electron chi connectivity index (χ4n) is 2.30. The van der Waals surface area contributed by atoms with E-state index in [1.165, 1.54) is 0 Å². The molecule has 1 atom stereocenters. The van der Waals surface area contributed by atoms with Crippen LogP contribution in [0.4, 0.5) is 0 Å². The highest BCUT2D eigenvalue weighted by Crippen LogP contribution is 2.17. The number of hydrogen-bond donors (Lipinski definition) is 2. The van der Waals surface area contributed by atoms with Gasteiger partial charge in [-0.2, -0.15) is 0 Å². The third-order valence-electron chi connectivity index (χ3n) is 3.32. The van der Waals surface area contributed by atoms with Crippen LogP contribution < -0.4 is 10.0 Å². The minimum Gasteiger partial charge on any atom is -0.342 e. The van der Waals surface area contributed by atoms with Crippen molar-refractivity contribution in [2.45, 2.75) is 25.7 Å². The molecule has 0 saturated carbocycles. The van der Waals surface area contributed by atoms with E-state index in [0.29, 0.717) is 19.5 Å². The lowest BCUT2D eigenvalue weighted by atomic mass is 9.98. The molecule has 1 unspecified atom stereocenters. The lowest BCUT2D eigenvalue weighted by molar-refractivity contribution is -0.133. The van der Waals surface area contributed by atoms with Gasteiger partial charge in [0.15, 0.2) is 0 Å². The maximum atomic E-state index is 12.0. The summed E-state index contributed by atoms with van der Waals surface area (Å²) in [4.78, 5) is 13.8. The molecule has 0 radical (unpaired) electrons. The second kappa shape index (κ2) is 7.81. The lowest BCUT2D eigenvalue weighted by Crippen LogP contribution is -2.43. The zero-order valence-corrected chi connectivity index (χ0v) is 12.6. The number of carbonyl (C=O) groups is 1. The molecule has 2 N–H and O–H groups in total. The average molecular weight is 291 g/mol. The fraction of sp³-hybridized carbons (Fsp3) is 0.917. The molecule has 6 nitrogen and oxygen atoms in total. The molecule has 1 aliphatic heterocycles. The standard InChI is InChI=1S/C12H25N3O3S/c1-13-7-3-6-12(16)15-8-4-5-11(10-15)9-14-19(2,17)18/h11,13-14H,3-10H2,1-2H3. The van der Waals surface area contributed by atoms with E-state index in [2.05, 4.69) is 10.0 Å². The summed E-state index contributed by atoms with van der Waals surface area (Å²) in [6, 6.07) is 0. The van der Waals surface area contributed by atoms with E-state index in [1.807, 2.05) is 11.9 Å². The van der Waals surface area contributed by atoms with Crippen LogP contribution in [-0.2, 0) is 14.8 Å².